The Bertz CT molecular complexity index is 1140. The average molecular weight is 472 g/mol. The van der Waals surface area contributed by atoms with Gasteiger partial charge in [-0.25, -0.2) is 4.98 Å². The number of thiophene rings is 1. The minimum Gasteiger partial charge on any atom is -0.406 e. The summed E-state index contributed by atoms with van der Waals surface area (Å²) in [5, 5.41) is 2.93. The topological polar surface area (TPSA) is 84.1 Å². The molecule has 1 aromatic carbocycles. The van der Waals surface area contributed by atoms with Crippen LogP contribution in [-0.4, -0.2) is 27.5 Å². The number of halogens is 3. The lowest BCUT2D eigenvalue weighted by atomic mass is 10.2. The maximum atomic E-state index is 12.3. The van der Waals surface area contributed by atoms with Crippen molar-refractivity contribution in [2.75, 3.05) is 0 Å². The SMILES string of the molecule is Cc1sc2nc(CSC(C)C(=O)NCc3ccc(OC(F)(F)F)cc3)[nH]c(=O)c2c1C. The zero-order valence-electron chi connectivity index (χ0n) is 16.9. The second kappa shape index (κ2) is 9.31. The van der Waals surface area contributed by atoms with Crippen molar-refractivity contribution in [1.29, 1.82) is 0 Å². The molecule has 1 atom stereocenters. The molecule has 0 saturated heterocycles. The maximum Gasteiger partial charge on any atom is 0.573 e. The lowest BCUT2D eigenvalue weighted by Gasteiger charge is -2.12. The molecule has 1 amide bonds. The molecule has 0 aliphatic rings. The number of fused-ring (bicyclic) bond motifs is 1. The van der Waals surface area contributed by atoms with Gasteiger partial charge in [0.15, 0.2) is 0 Å². The van der Waals surface area contributed by atoms with Gasteiger partial charge in [0, 0.05) is 11.4 Å². The molecule has 0 saturated carbocycles. The van der Waals surface area contributed by atoms with Crippen LogP contribution < -0.4 is 15.6 Å². The zero-order valence-corrected chi connectivity index (χ0v) is 18.6. The molecule has 11 heteroatoms. The van der Waals surface area contributed by atoms with Crippen LogP contribution in [0.2, 0.25) is 0 Å². The third-order valence-electron chi connectivity index (χ3n) is 4.55. The minimum atomic E-state index is -4.74. The summed E-state index contributed by atoms with van der Waals surface area (Å²) in [5.74, 6) is 0.316. The summed E-state index contributed by atoms with van der Waals surface area (Å²) in [4.78, 5) is 33.6. The van der Waals surface area contributed by atoms with Crippen molar-refractivity contribution in [3.8, 4) is 5.75 Å². The van der Waals surface area contributed by atoms with Gasteiger partial charge in [0.25, 0.3) is 5.56 Å². The van der Waals surface area contributed by atoms with Crippen molar-refractivity contribution >= 4 is 39.2 Å². The van der Waals surface area contributed by atoms with E-state index in [0.717, 1.165) is 10.4 Å². The van der Waals surface area contributed by atoms with E-state index in [9.17, 15) is 22.8 Å². The summed E-state index contributed by atoms with van der Waals surface area (Å²) < 4.78 is 40.4. The summed E-state index contributed by atoms with van der Waals surface area (Å²) in [7, 11) is 0. The van der Waals surface area contributed by atoms with Gasteiger partial charge in [-0.2, -0.15) is 0 Å². The number of aromatic amines is 1. The average Bonchev–Trinajstić information content (AvgIpc) is 2.98. The largest absolute Gasteiger partial charge is 0.573 e. The van der Waals surface area contributed by atoms with Gasteiger partial charge in [-0.3, -0.25) is 9.59 Å². The Hall–Kier alpha value is -2.53. The first-order valence-corrected chi connectivity index (χ1v) is 11.1. The van der Waals surface area contributed by atoms with Gasteiger partial charge < -0.3 is 15.0 Å². The van der Waals surface area contributed by atoms with E-state index in [-0.39, 0.29) is 23.8 Å². The first kappa shape index (κ1) is 23.1. The Morgan fingerprint density at radius 2 is 1.97 bits per heavy atom. The van der Waals surface area contributed by atoms with Crippen LogP contribution in [-0.2, 0) is 17.1 Å². The van der Waals surface area contributed by atoms with Crippen LogP contribution in [0.5, 0.6) is 5.75 Å². The number of amides is 1. The van der Waals surface area contributed by atoms with E-state index in [4.69, 9.17) is 0 Å². The van der Waals surface area contributed by atoms with Gasteiger partial charge in [0.1, 0.15) is 16.4 Å². The summed E-state index contributed by atoms with van der Waals surface area (Å²) in [5.41, 5.74) is 1.39. The number of H-pyrrole nitrogens is 1. The van der Waals surface area contributed by atoms with Crippen molar-refractivity contribution in [3.63, 3.8) is 0 Å². The molecule has 0 fully saturated rings. The smallest absolute Gasteiger partial charge is 0.406 e. The molecule has 0 bridgehead atoms. The molecular weight excluding hydrogens is 451 g/mol. The number of carbonyl (C=O) groups excluding carboxylic acids is 1. The molecule has 3 aromatic rings. The van der Waals surface area contributed by atoms with E-state index in [1.165, 1.54) is 47.4 Å². The number of hydrogen-bond donors (Lipinski definition) is 2. The fraction of sp³-hybridized carbons (Fsp3) is 0.350. The van der Waals surface area contributed by atoms with E-state index in [1.54, 1.807) is 6.92 Å². The number of nitrogens with zero attached hydrogens (tertiary/aromatic N) is 1. The van der Waals surface area contributed by atoms with Gasteiger partial charge in [-0.05, 0) is 44.0 Å². The number of ether oxygens (including phenoxy) is 1. The maximum absolute atomic E-state index is 12.3. The Labute approximate surface area is 184 Å². The predicted molar refractivity (Wildman–Crippen MR) is 115 cm³/mol. The Morgan fingerprint density at radius 3 is 2.61 bits per heavy atom. The van der Waals surface area contributed by atoms with E-state index < -0.39 is 11.6 Å². The monoisotopic (exact) mass is 471 g/mol. The number of aromatic nitrogens is 2. The summed E-state index contributed by atoms with van der Waals surface area (Å²) in [6, 6.07) is 5.29. The molecule has 6 nitrogen and oxygen atoms in total. The number of carbonyl (C=O) groups is 1. The molecule has 2 aromatic heterocycles. The van der Waals surface area contributed by atoms with Crippen LogP contribution in [0.4, 0.5) is 13.2 Å². The number of hydrogen-bond acceptors (Lipinski definition) is 6. The number of benzene rings is 1. The lowest BCUT2D eigenvalue weighted by molar-refractivity contribution is -0.274. The van der Waals surface area contributed by atoms with Gasteiger partial charge in [0.2, 0.25) is 5.91 Å². The molecule has 0 aliphatic heterocycles. The Morgan fingerprint density at radius 1 is 1.29 bits per heavy atom. The quantitative estimate of drug-likeness (QED) is 0.532. The standard InChI is InChI=1S/C20H20F3N3O3S2/c1-10-11(2)31-19-16(10)18(28)25-15(26-19)9-30-12(3)17(27)24-8-13-4-6-14(7-5-13)29-20(21,22)23/h4-7,12H,8-9H2,1-3H3,(H,24,27)(H,25,26,28). The molecule has 2 N–H and O–H groups in total. The van der Waals surface area contributed by atoms with E-state index in [1.807, 2.05) is 13.8 Å². The number of aryl methyl sites for hydroxylation is 2. The van der Waals surface area contributed by atoms with Crippen molar-refractivity contribution in [2.24, 2.45) is 0 Å². The number of nitrogens with one attached hydrogen (secondary N) is 2. The summed E-state index contributed by atoms with van der Waals surface area (Å²) in [6.07, 6.45) is -4.74. The normalized spacial score (nSPS) is 12.7. The molecule has 2 heterocycles. The van der Waals surface area contributed by atoms with Crippen molar-refractivity contribution < 1.29 is 22.7 Å². The summed E-state index contributed by atoms with van der Waals surface area (Å²) in [6.45, 7) is 5.74. The molecule has 0 spiro atoms. The lowest BCUT2D eigenvalue weighted by Crippen LogP contribution is -2.30. The molecule has 3 rings (SSSR count). The van der Waals surface area contributed by atoms with Gasteiger partial charge in [-0.1, -0.05) is 12.1 Å². The first-order chi connectivity index (χ1) is 14.5. The van der Waals surface area contributed by atoms with Crippen LogP contribution in [0, 0.1) is 13.8 Å². The van der Waals surface area contributed by atoms with Crippen molar-refractivity contribution in [2.45, 2.75) is 44.7 Å². The van der Waals surface area contributed by atoms with Crippen LogP contribution in [0.15, 0.2) is 29.1 Å². The highest BCUT2D eigenvalue weighted by atomic mass is 32.2. The fourth-order valence-electron chi connectivity index (χ4n) is 2.79. The Balaban J connectivity index is 1.53. The number of thioether (sulfide) groups is 1. The second-order valence-corrected chi connectivity index (χ2v) is 9.37. The number of alkyl halides is 3. The molecule has 31 heavy (non-hydrogen) atoms. The minimum absolute atomic E-state index is 0.171. The highest BCUT2D eigenvalue weighted by Crippen LogP contribution is 2.27. The Kier molecular flexibility index (Phi) is 6.95. The van der Waals surface area contributed by atoms with E-state index in [2.05, 4.69) is 20.0 Å². The van der Waals surface area contributed by atoms with E-state index in [0.29, 0.717) is 27.4 Å². The molecule has 0 radical (unpaired) electrons. The van der Waals surface area contributed by atoms with Gasteiger partial charge in [-0.15, -0.1) is 36.3 Å². The fourth-order valence-corrected chi connectivity index (χ4v) is 4.62. The van der Waals surface area contributed by atoms with Crippen LogP contribution in [0.1, 0.15) is 28.8 Å². The van der Waals surface area contributed by atoms with Crippen molar-refractivity contribution in [1.82, 2.24) is 15.3 Å². The predicted octanol–water partition coefficient (Wildman–Crippen LogP) is 4.44. The van der Waals surface area contributed by atoms with Crippen LogP contribution in [0.25, 0.3) is 10.2 Å². The van der Waals surface area contributed by atoms with E-state index >= 15 is 0 Å². The third-order valence-corrected chi connectivity index (χ3v) is 6.81. The zero-order chi connectivity index (χ0) is 22.8. The molecule has 1 unspecified atom stereocenters. The van der Waals surface area contributed by atoms with Gasteiger partial charge >= 0.3 is 6.36 Å². The third kappa shape index (κ3) is 6.01. The summed E-state index contributed by atoms with van der Waals surface area (Å²) >= 11 is 2.79. The highest BCUT2D eigenvalue weighted by Gasteiger charge is 2.30. The molecule has 166 valence electrons. The molecular formula is C20H20F3N3O3S2. The second-order valence-electron chi connectivity index (χ2n) is 6.84. The molecule has 0 aliphatic carbocycles. The first-order valence-electron chi connectivity index (χ1n) is 9.26. The van der Waals surface area contributed by atoms with Crippen molar-refractivity contribution in [3.05, 3.63) is 56.4 Å². The number of rotatable bonds is 7. The van der Waals surface area contributed by atoms with Crippen LogP contribution >= 0.6 is 23.1 Å². The van der Waals surface area contributed by atoms with Gasteiger partial charge in [0.05, 0.1) is 16.4 Å². The highest BCUT2D eigenvalue weighted by molar-refractivity contribution is 7.99. The van der Waals surface area contributed by atoms with Crippen LogP contribution in [0.3, 0.4) is 0 Å².